The molecular formula is C15H15BO2. The van der Waals surface area contributed by atoms with Crippen molar-refractivity contribution in [2.24, 2.45) is 0 Å². The molecular weight excluding hydrogens is 223 g/mol. The Balaban J connectivity index is 2.28. The summed E-state index contributed by atoms with van der Waals surface area (Å²) in [5, 5.41) is 18.8. The predicted octanol–water partition coefficient (Wildman–Crippen LogP) is 1.81. The van der Waals surface area contributed by atoms with Crippen LogP contribution >= 0.6 is 0 Å². The lowest BCUT2D eigenvalue weighted by atomic mass is 9.74. The van der Waals surface area contributed by atoms with E-state index in [2.05, 4.69) is 25.1 Å². The van der Waals surface area contributed by atoms with Gasteiger partial charge >= 0.3 is 7.12 Å². The Hall–Kier alpha value is -1.58. The first-order chi connectivity index (χ1) is 8.61. The molecule has 0 aromatic heterocycles. The molecule has 0 aliphatic heterocycles. The van der Waals surface area contributed by atoms with Crippen molar-refractivity contribution in [3.05, 3.63) is 53.1 Å². The number of benzene rings is 2. The Morgan fingerprint density at radius 3 is 2.44 bits per heavy atom. The largest absolute Gasteiger partial charge is 0.488 e. The van der Waals surface area contributed by atoms with Crippen molar-refractivity contribution < 1.29 is 10.0 Å². The van der Waals surface area contributed by atoms with E-state index in [1.165, 1.54) is 22.3 Å². The summed E-state index contributed by atoms with van der Waals surface area (Å²) < 4.78 is 0. The van der Waals surface area contributed by atoms with Gasteiger partial charge in [0.25, 0.3) is 0 Å². The third-order valence-electron chi connectivity index (χ3n) is 3.99. The predicted molar refractivity (Wildman–Crippen MR) is 74.0 cm³/mol. The van der Waals surface area contributed by atoms with Gasteiger partial charge in [-0.1, -0.05) is 43.3 Å². The van der Waals surface area contributed by atoms with E-state index in [4.69, 9.17) is 0 Å². The normalized spacial score (nSPS) is 16.3. The molecule has 0 saturated carbocycles. The van der Waals surface area contributed by atoms with Crippen molar-refractivity contribution in [1.29, 1.82) is 0 Å². The molecule has 3 rings (SSSR count). The molecule has 0 fully saturated rings. The lowest BCUT2D eigenvalue weighted by Crippen LogP contribution is -2.32. The molecule has 2 aromatic rings. The summed E-state index contributed by atoms with van der Waals surface area (Å²) in [5.74, 6) is 0.315. The van der Waals surface area contributed by atoms with Gasteiger partial charge in [0.2, 0.25) is 0 Å². The first-order valence-corrected chi connectivity index (χ1v) is 6.20. The van der Waals surface area contributed by atoms with Crippen molar-refractivity contribution in [1.82, 2.24) is 0 Å². The first-order valence-electron chi connectivity index (χ1n) is 6.20. The van der Waals surface area contributed by atoms with Crippen LogP contribution < -0.4 is 5.46 Å². The van der Waals surface area contributed by atoms with Crippen LogP contribution in [0.5, 0.6) is 0 Å². The van der Waals surface area contributed by atoms with E-state index in [9.17, 15) is 10.0 Å². The van der Waals surface area contributed by atoms with Gasteiger partial charge in [-0.2, -0.15) is 0 Å². The number of rotatable bonds is 1. The highest BCUT2D eigenvalue weighted by atomic mass is 16.4. The van der Waals surface area contributed by atoms with E-state index in [1.54, 1.807) is 0 Å². The van der Waals surface area contributed by atoms with E-state index in [0.717, 1.165) is 5.56 Å². The van der Waals surface area contributed by atoms with E-state index >= 15 is 0 Å². The zero-order chi connectivity index (χ0) is 12.9. The van der Waals surface area contributed by atoms with E-state index in [0.29, 0.717) is 11.4 Å². The van der Waals surface area contributed by atoms with Gasteiger partial charge in [0.1, 0.15) is 0 Å². The second-order valence-electron chi connectivity index (χ2n) is 4.92. The van der Waals surface area contributed by atoms with Crippen LogP contribution in [0.15, 0.2) is 36.4 Å². The molecule has 2 nitrogen and oxygen atoms in total. The summed E-state index contributed by atoms with van der Waals surface area (Å²) in [4.78, 5) is 0. The highest BCUT2D eigenvalue weighted by Gasteiger charge is 2.29. The van der Waals surface area contributed by atoms with Crippen molar-refractivity contribution >= 4 is 12.6 Å². The average molecular weight is 238 g/mol. The highest BCUT2D eigenvalue weighted by molar-refractivity contribution is 6.59. The van der Waals surface area contributed by atoms with Gasteiger partial charge in [-0.05, 0) is 40.2 Å². The average Bonchev–Trinajstić information content (AvgIpc) is 2.65. The third-order valence-corrected chi connectivity index (χ3v) is 3.99. The van der Waals surface area contributed by atoms with Gasteiger partial charge in [-0.15, -0.1) is 0 Å². The molecule has 1 unspecified atom stereocenters. The summed E-state index contributed by atoms with van der Waals surface area (Å²) >= 11 is 0. The molecule has 0 heterocycles. The number of hydrogen-bond donors (Lipinski definition) is 2. The van der Waals surface area contributed by atoms with Crippen LogP contribution in [0.1, 0.15) is 29.5 Å². The molecule has 0 spiro atoms. The number of fused-ring (bicyclic) bond motifs is 3. The molecule has 90 valence electrons. The van der Waals surface area contributed by atoms with Gasteiger partial charge in [0, 0.05) is 5.92 Å². The molecule has 1 aliphatic carbocycles. The molecule has 1 atom stereocenters. The maximum absolute atomic E-state index is 9.39. The number of hydrogen-bond acceptors (Lipinski definition) is 2. The Morgan fingerprint density at radius 1 is 1.00 bits per heavy atom. The monoisotopic (exact) mass is 238 g/mol. The fourth-order valence-corrected chi connectivity index (χ4v) is 3.09. The van der Waals surface area contributed by atoms with Crippen molar-refractivity contribution in [2.75, 3.05) is 0 Å². The SMILES string of the molecule is Cc1c(B(O)O)ccc2c1C(C)c1ccccc1-2. The van der Waals surface area contributed by atoms with Gasteiger partial charge in [-0.25, -0.2) is 0 Å². The molecule has 1 aliphatic rings. The second kappa shape index (κ2) is 3.97. The fraction of sp³-hybridized carbons (Fsp3) is 0.200. The van der Waals surface area contributed by atoms with Gasteiger partial charge in [0.05, 0.1) is 0 Å². The maximum Gasteiger partial charge on any atom is 0.488 e. The Morgan fingerprint density at radius 2 is 1.72 bits per heavy atom. The van der Waals surface area contributed by atoms with Crippen LogP contribution in [-0.4, -0.2) is 17.2 Å². The maximum atomic E-state index is 9.39. The lowest BCUT2D eigenvalue weighted by molar-refractivity contribution is 0.425. The standard InChI is InChI=1S/C15H15BO2/c1-9-11-5-3-4-6-12(11)13-7-8-14(16(17)18)10(2)15(9)13/h3-9,17-18H,1-2H3. The van der Waals surface area contributed by atoms with Gasteiger partial charge in [-0.3, -0.25) is 0 Å². The minimum atomic E-state index is -1.40. The summed E-state index contributed by atoms with van der Waals surface area (Å²) in [6.07, 6.45) is 0. The fourth-order valence-electron chi connectivity index (χ4n) is 3.09. The summed E-state index contributed by atoms with van der Waals surface area (Å²) in [7, 11) is -1.40. The van der Waals surface area contributed by atoms with Crippen LogP contribution in [-0.2, 0) is 0 Å². The molecule has 18 heavy (non-hydrogen) atoms. The summed E-state index contributed by atoms with van der Waals surface area (Å²) in [6, 6.07) is 12.2. The Labute approximate surface area is 107 Å². The molecule has 3 heteroatoms. The summed E-state index contributed by atoms with van der Waals surface area (Å²) in [5.41, 5.74) is 6.63. The molecule has 0 saturated heterocycles. The first kappa shape index (κ1) is 11.5. The van der Waals surface area contributed by atoms with Crippen LogP contribution in [0.2, 0.25) is 0 Å². The van der Waals surface area contributed by atoms with Crippen LogP contribution in [0, 0.1) is 6.92 Å². The minimum Gasteiger partial charge on any atom is -0.423 e. The smallest absolute Gasteiger partial charge is 0.423 e. The third kappa shape index (κ3) is 1.44. The summed E-state index contributed by atoms with van der Waals surface area (Å²) in [6.45, 7) is 4.14. The Bertz CT molecular complexity index is 620. The van der Waals surface area contributed by atoms with Crippen LogP contribution in [0.3, 0.4) is 0 Å². The molecule has 2 aromatic carbocycles. The molecule has 0 amide bonds. The van der Waals surface area contributed by atoms with Crippen molar-refractivity contribution in [3.63, 3.8) is 0 Å². The lowest BCUT2D eigenvalue weighted by Gasteiger charge is -2.13. The van der Waals surface area contributed by atoms with E-state index in [-0.39, 0.29) is 0 Å². The van der Waals surface area contributed by atoms with E-state index < -0.39 is 7.12 Å². The van der Waals surface area contributed by atoms with E-state index in [1.807, 2.05) is 25.1 Å². The van der Waals surface area contributed by atoms with Crippen LogP contribution in [0.25, 0.3) is 11.1 Å². The molecule has 0 radical (unpaired) electrons. The van der Waals surface area contributed by atoms with Gasteiger partial charge in [0.15, 0.2) is 0 Å². The highest BCUT2D eigenvalue weighted by Crippen LogP contribution is 2.45. The molecule has 0 bridgehead atoms. The quantitative estimate of drug-likeness (QED) is 0.744. The Kier molecular flexibility index (Phi) is 2.54. The van der Waals surface area contributed by atoms with Crippen molar-refractivity contribution in [3.8, 4) is 11.1 Å². The van der Waals surface area contributed by atoms with Crippen molar-refractivity contribution in [2.45, 2.75) is 19.8 Å². The topological polar surface area (TPSA) is 40.5 Å². The zero-order valence-corrected chi connectivity index (χ0v) is 10.5. The molecule has 2 N–H and O–H groups in total. The van der Waals surface area contributed by atoms with Crippen LogP contribution in [0.4, 0.5) is 0 Å². The van der Waals surface area contributed by atoms with Gasteiger partial charge < -0.3 is 10.0 Å². The minimum absolute atomic E-state index is 0.315. The second-order valence-corrected chi connectivity index (χ2v) is 4.92. The zero-order valence-electron chi connectivity index (χ0n) is 10.5.